The Labute approximate surface area is 177 Å². The summed E-state index contributed by atoms with van der Waals surface area (Å²) >= 11 is 0. The predicted octanol–water partition coefficient (Wildman–Crippen LogP) is 5.07. The zero-order chi connectivity index (χ0) is 21.9. The molecule has 0 aromatic rings. The van der Waals surface area contributed by atoms with Crippen molar-refractivity contribution in [1.29, 1.82) is 0 Å². The van der Waals surface area contributed by atoms with Crippen molar-refractivity contribution in [2.45, 2.75) is 90.5 Å². The number of rotatable bonds is 14. The van der Waals surface area contributed by atoms with E-state index < -0.39 is 14.3 Å². The number of hydrogen-bond donors (Lipinski definition) is 1. The smallest absolute Gasteiger partial charge is 0.303 e. The lowest BCUT2D eigenvalue weighted by atomic mass is 9.85. The van der Waals surface area contributed by atoms with Gasteiger partial charge in [-0.05, 0) is 57.7 Å². The summed E-state index contributed by atoms with van der Waals surface area (Å²) in [6.07, 6.45) is 7.55. The molecule has 0 saturated heterocycles. The Hall–Kier alpha value is -1.41. The first-order valence-electron chi connectivity index (χ1n) is 10.8. The van der Waals surface area contributed by atoms with Gasteiger partial charge in [0, 0.05) is 18.8 Å². The highest BCUT2D eigenvalue weighted by Gasteiger charge is 2.43. The van der Waals surface area contributed by atoms with Gasteiger partial charge in [0.15, 0.2) is 8.32 Å². The van der Waals surface area contributed by atoms with E-state index in [0.717, 1.165) is 37.1 Å². The van der Waals surface area contributed by atoms with E-state index >= 15 is 0 Å². The highest BCUT2D eigenvalue weighted by Crippen LogP contribution is 2.40. The Balaban J connectivity index is 2.98. The highest BCUT2D eigenvalue weighted by molar-refractivity contribution is 6.69. The summed E-state index contributed by atoms with van der Waals surface area (Å²) < 4.78 is 6.50. The van der Waals surface area contributed by atoms with Gasteiger partial charge >= 0.3 is 5.97 Å². The minimum Gasteiger partial charge on any atom is -0.481 e. The first kappa shape index (κ1) is 25.6. The summed E-state index contributed by atoms with van der Waals surface area (Å²) in [4.78, 5) is 21.3. The van der Waals surface area contributed by atoms with Crippen LogP contribution in [0.25, 0.3) is 0 Å². The molecule has 168 valence electrons. The molecule has 8 heteroatoms. The van der Waals surface area contributed by atoms with Crippen molar-refractivity contribution in [2.24, 2.45) is 22.1 Å². The maximum absolute atomic E-state index is 11.2. The summed E-state index contributed by atoms with van der Waals surface area (Å²) in [5, 5.41) is 17.7. The van der Waals surface area contributed by atoms with Crippen LogP contribution < -0.4 is 0 Å². The summed E-state index contributed by atoms with van der Waals surface area (Å²) in [6, 6.07) is 0. The summed E-state index contributed by atoms with van der Waals surface area (Å²) in [5.74, 6) is -0.508. The maximum atomic E-state index is 11.2. The van der Waals surface area contributed by atoms with Crippen LogP contribution in [-0.4, -0.2) is 51.1 Å². The van der Waals surface area contributed by atoms with Crippen LogP contribution >= 0.6 is 0 Å². The summed E-state index contributed by atoms with van der Waals surface area (Å²) in [5.41, 5.74) is 2.00. The average Bonchev–Trinajstić information content (AvgIpc) is 2.92. The van der Waals surface area contributed by atoms with E-state index in [1.165, 1.54) is 12.8 Å². The van der Waals surface area contributed by atoms with Gasteiger partial charge in [-0.25, -0.2) is 0 Å². The van der Waals surface area contributed by atoms with Crippen molar-refractivity contribution in [3.8, 4) is 0 Å². The van der Waals surface area contributed by atoms with Gasteiger partial charge in [0.1, 0.15) is 14.2 Å². The zero-order valence-electron chi connectivity index (χ0n) is 19.1. The van der Waals surface area contributed by atoms with E-state index in [0.29, 0.717) is 12.8 Å². The van der Waals surface area contributed by atoms with E-state index in [1.54, 1.807) is 14.2 Å². The summed E-state index contributed by atoms with van der Waals surface area (Å²) in [7, 11) is 1.38. The molecule has 7 nitrogen and oxygen atoms in total. The molecule has 0 bridgehead atoms. The monoisotopic (exact) mass is 428 g/mol. The van der Waals surface area contributed by atoms with Crippen LogP contribution in [-0.2, 0) is 18.9 Å². The molecule has 0 amide bonds. The molecule has 0 spiro atoms. The van der Waals surface area contributed by atoms with Crippen molar-refractivity contribution in [2.75, 3.05) is 14.2 Å². The molecule has 3 atom stereocenters. The summed E-state index contributed by atoms with van der Waals surface area (Å²) in [6.45, 7) is 8.74. The number of carboxylic acid groups (broad SMARTS) is 1. The second-order valence-corrected chi connectivity index (χ2v) is 13.2. The Morgan fingerprint density at radius 2 is 1.83 bits per heavy atom. The van der Waals surface area contributed by atoms with Gasteiger partial charge in [0.2, 0.25) is 0 Å². The lowest BCUT2D eigenvalue weighted by molar-refractivity contribution is -0.137. The fourth-order valence-electron chi connectivity index (χ4n) is 4.12. The topological polar surface area (TPSA) is 89.7 Å². The van der Waals surface area contributed by atoms with Crippen LogP contribution in [0.3, 0.4) is 0 Å². The zero-order valence-corrected chi connectivity index (χ0v) is 20.1. The molecule has 1 fully saturated rings. The fraction of sp³-hybridized carbons (Fsp3) is 0.857. The molecule has 1 saturated carbocycles. The molecule has 29 heavy (non-hydrogen) atoms. The minimum atomic E-state index is -1.76. The predicted molar refractivity (Wildman–Crippen MR) is 119 cm³/mol. The number of hydrogen-bond acceptors (Lipinski definition) is 6. The largest absolute Gasteiger partial charge is 0.481 e. The lowest BCUT2D eigenvalue weighted by Crippen LogP contribution is -2.35. The second kappa shape index (κ2) is 13.0. The quantitative estimate of drug-likeness (QED) is 0.180. The van der Waals surface area contributed by atoms with Crippen LogP contribution in [0.2, 0.25) is 19.6 Å². The third-order valence-corrected chi connectivity index (χ3v) is 6.28. The van der Waals surface area contributed by atoms with Crippen molar-refractivity contribution in [3.63, 3.8) is 0 Å². The maximum Gasteiger partial charge on any atom is 0.303 e. The van der Waals surface area contributed by atoms with Crippen molar-refractivity contribution >= 4 is 25.7 Å². The number of aliphatic carboxylic acids is 1. The molecular formula is C21H40N2O5Si. The van der Waals surface area contributed by atoms with Crippen LogP contribution in [0.15, 0.2) is 10.3 Å². The van der Waals surface area contributed by atoms with Crippen molar-refractivity contribution in [3.05, 3.63) is 0 Å². The molecule has 0 heterocycles. The van der Waals surface area contributed by atoms with Gasteiger partial charge in [-0.2, -0.15) is 0 Å². The van der Waals surface area contributed by atoms with E-state index in [4.69, 9.17) is 14.1 Å². The number of carbonyl (C=O) groups is 1. The normalized spacial score (nSPS) is 24.1. The number of nitrogens with zero attached hydrogens (tertiary/aromatic N) is 2. The number of unbranched alkanes of at least 4 members (excludes halogenated alkanes) is 2. The molecule has 0 radical (unpaired) electrons. The van der Waals surface area contributed by atoms with Crippen LogP contribution in [0, 0.1) is 11.8 Å². The second-order valence-electron chi connectivity index (χ2n) is 8.78. The molecule has 1 rings (SSSR count). The molecule has 0 aromatic carbocycles. The Morgan fingerprint density at radius 3 is 2.38 bits per heavy atom. The number of oxime groups is 2. The molecule has 0 unspecified atom stereocenters. The van der Waals surface area contributed by atoms with E-state index in [-0.39, 0.29) is 24.4 Å². The Kier molecular flexibility index (Phi) is 11.5. The number of carboxylic acids is 1. The fourth-order valence-corrected chi connectivity index (χ4v) is 5.29. The third-order valence-electron chi connectivity index (χ3n) is 5.27. The lowest BCUT2D eigenvalue weighted by Gasteiger charge is -2.30. The van der Waals surface area contributed by atoms with Gasteiger partial charge < -0.3 is 19.2 Å². The SMILES string of the molecule is CCCCC/C(CC[C@H]1[C@H](O[Si](C)(C)C)C/C(=N\OC)[C@@H]1CCC(=O)O)=N\OC. The molecule has 0 aromatic heterocycles. The van der Waals surface area contributed by atoms with Gasteiger partial charge in [-0.15, -0.1) is 0 Å². The van der Waals surface area contributed by atoms with Gasteiger partial charge in [-0.1, -0.05) is 30.1 Å². The van der Waals surface area contributed by atoms with Crippen molar-refractivity contribution < 1.29 is 24.0 Å². The third kappa shape index (κ3) is 9.76. The van der Waals surface area contributed by atoms with Crippen LogP contribution in [0.5, 0.6) is 0 Å². The van der Waals surface area contributed by atoms with E-state index in [2.05, 4.69) is 36.9 Å². The molecule has 0 aliphatic heterocycles. The van der Waals surface area contributed by atoms with Gasteiger partial charge in [-0.3, -0.25) is 4.79 Å². The van der Waals surface area contributed by atoms with Gasteiger partial charge in [0.25, 0.3) is 0 Å². The van der Waals surface area contributed by atoms with Crippen LogP contribution in [0.4, 0.5) is 0 Å². The van der Waals surface area contributed by atoms with Crippen LogP contribution in [0.1, 0.15) is 64.7 Å². The van der Waals surface area contributed by atoms with E-state index in [9.17, 15) is 9.90 Å². The minimum absolute atomic E-state index is 0.0498. The Bertz CT molecular complexity index is 560. The van der Waals surface area contributed by atoms with Gasteiger partial charge in [0.05, 0.1) is 17.5 Å². The molecule has 1 N–H and O–H groups in total. The first-order chi connectivity index (χ1) is 13.7. The molecule has 1 aliphatic rings. The average molecular weight is 429 g/mol. The standard InChI is InChI=1S/C21H40N2O5Si/c1-7-8-9-10-16(22-26-2)11-12-18-17(13-14-21(24)25)19(23-27-3)15-20(18)28-29(4,5)6/h17-18,20H,7-15H2,1-6H3,(H,24,25)/b22-16+,23-19+/t17-,18-,20-/m1/s1. The molecule has 1 aliphatic carbocycles. The Morgan fingerprint density at radius 1 is 1.10 bits per heavy atom. The van der Waals surface area contributed by atoms with Crippen molar-refractivity contribution in [1.82, 2.24) is 0 Å². The highest BCUT2D eigenvalue weighted by atomic mass is 28.4. The molecular weight excluding hydrogens is 388 g/mol. The van der Waals surface area contributed by atoms with E-state index in [1.807, 2.05) is 0 Å². The first-order valence-corrected chi connectivity index (χ1v) is 14.2.